The molecular weight excluding hydrogens is 216 g/mol. The Labute approximate surface area is 101 Å². The molecule has 5 nitrogen and oxygen atoms in total. The summed E-state index contributed by atoms with van der Waals surface area (Å²) in [6.07, 6.45) is 2.25. The number of amides is 1. The fraction of sp³-hybridized carbons (Fsp3) is 0.667. The number of aromatic amines is 1. The summed E-state index contributed by atoms with van der Waals surface area (Å²) in [5.74, 6) is 0.0892. The highest BCUT2D eigenvalue weighted by molar-refractivity contribution is 5.81. The minimum Gasteiger partial charge on any atom is -0.352 e. The van der Waals surface area contributed by atoms with Gasteiger partial charge in [0.2, 0.25) is 5.91 Å². The minimum absolute atomic E-state index is 0.0892. The molecule has 0 saturated heterocycles. The number of aryl methyl sites for hydroxylation is 2. The predicted molar refractivity (Wildman–Crippen MR) is 65.5 cm³/mol. The summed E-state index contributed by atoms with van der Waals surface area (Å²) in [4.78, 5) is 11.7. The van der Waals surface area contributed by atoms with Gasteiger partial charge >= 0.3 is 0 Å². The molecule has 2 rings (SSSR count). The van der Waals surface area contributed by atoms with Crippen molar-refractivity contribution in [1.82, 2.24) is 20.8 Å². The normalized spacial score (nSPS) is 16.9. The van der Waals surface area contributed by atoms with E-state index in [1.54, 1.807) is 0 Å². The van der Waals surface area contributed by atoms with Crippen LogP contribution in [0.25, 0.3) is 0 Å². The number of hydrogen-bond donors (Lipinski definition) is 3. The standard InChI is InChI=1S/C12H20N4O/c1-7-11(8(2)16-15-7)6-13-9(3)12(17)14-10-4-5-10/h9-10,13H,4-6H2,1-3H3,(H,14,17)(H,15,16). The van der Waals surface area contributed by atoms with Crippen LogP contribution in [0.3, 0.4) is 0 Å². The second-order valence-electron chi connectivity index (χ2n) is 4.80. The molecule has 1 saturated carbocycles. The SMILES string of the molecule is Cc1n[nH]c(C)c1CNC(C)C(=O)NC1CC1. The van der Waals surface area contributed by atoms with Crippen LogP contribution in [0.15, 0.2) is 0 Å². The van der Waals surface area contributed by atoms with E-state index in [2.05, 4.69) is 20.8 Å². The molecule has 0 aliphatic heterocycles. The summed E-state index contributed by atoms with van der Waals surface area (Å²) >= 11 is 0. The number of aromatic nitrogens is 2. The summed E-state index contributed by atoms with van der Waals surface area (Å²) in [6.45, 7) is 6.53. The number of nitrogens with one attached hydrogen (secondary N) is 3. The maximum absolute atomic E-state index is 11.7. The van der Waals surface area contributed by atoms with E-state index in [-0.39, 0.29) is 11.9 Å². The van der Waals surface area contributed by atoms with Gasteiger partial charge in [0.1, 0.15) is 0 Å². The first-order valence-electron chi connectivity index (χ1n) is 6.12. The van der Waals surface area contributed by atoms with Gasteiger partial charge in [-0.05, 0) is 33.6 Å². The average molecular weight is 236 g/mol. The van der Waals surface area contributed by atoms with E-state index in [9.17, 15) is 4.79 Å². The number of carbonyl (C=O) groups is 1. The largest absolute Gasteiger partial charge is 0.352 e. The lowest BCUT2D eigenvalue weighted by Crippen LogP contribution is -2.42. The van der Waals surface area contributed by atoms with E-state index >= 15 is 0 Å². The molecule has 1 aromatic rings. The summed E-state index contributed by atoms with van der Waals surface area (Å²) in [5, 5.41) is 13.3. The van der Waals surface area contributed by atoms with E-state index in [1.165, 1.54) is 0 Å². The Balaban J connectivity index is 1.82. The monoisotopic (exact) mass is 236 g/mol. The van der Waals surface area contributed by atoms with Crippen LogP contribution in [0.2, 0.25) is 0 Å². The lowest BCUT2D eigenvalue weighted by atomic mass is 10.2. The van der Waals surface area contributed by atoms with Crippen molar-refractivity contribution in [3.05, 3.63) is 17.0 Å². The van der Waals surface area contributed by atoms with Gasteiger partial charge < -0.3 is 10.6 Å². The van der Waals surface area contributed by atoms with Gasteiger partial charge in [-0.2, -0.15) is 5.10 Å². The molecule has 17 heavy (non-hydrogen) atoms. The molecule has 1 aromatic heterocycles. The van der Waals surface area contributed by atoms with Crippen LogP contribution in [0.4, 0.5) is 0 Å². The Morgan fingerprint density at radius 1 is 1.53 bits per heavy atom. The maximum Gasteiger partial charge on any atom is 0.237 e. The maximum atomic E-state index is 11.7. The van der Waals surface area contributed by atoms with E-state index in [0.717, 1.165) is 29.8 Å². The minimum atomic E-state index is -0.163. The molecule has 0 spiro atoms. The second kappa shape index (κ2) is 4.87. The van der Waals surface area contributed by atoms with E-state index < -0.39 is 0 Å². The van der Waals surface area contributed by atoms with E-state index in [1.807, 2.05) is 20.8 Å². The summed E-state index contributed by atoms with van der Waals surface area (Å²) in [7, 11) is 0. The molecule has 1 atom stereocenters. The third kappa shape index (κ3) is 3.06. The predicted octanol–water partition coefficient (Wildman–Crippen LogP) is 0.783. The summed E-state index contributed by atoms with van der Waals surface area (Å²) in [6, 6.07) is 0.258. The molecule has 0 aromatic carbocycles. The van der Waals surface area contributed by atoms with Crippen molar-refractivity contribution >= 4 is 5.91 Å². The Morgan fingerprint density at radius 2 is 2.24 bits per heavy atom. The molecule has 1 aliphatic carbocycles. The Morgan fingerprint density at radius 3 is 2.76 bits per heavy atom. The number of nitrogens with zero attached hydrogens (tertiary/aromatic N) is 1. The quantitative estimate of drug-likeness (QED) is 0.707. The van der Waals surface area contributed by atoms with Crippen molar-refractivity contribution in [1.29, 1.82) is 0 Å². The van der Waals surface area contributed by atoms with Crippen molar-refractivity contribution in [2.45, 2.75) is 52.2 Å². The van der Waals surface area contributed by atoms with Crippen molar-refractivity contribution in [3.63, 3.8) is 0 Å². The van der Waals surface area contributed by atoms with Gasteiger partial charge in [-0.3, -0.25) is 9.89 Å². The van der Waals surface area contributed by atoms with Gasteiger partial charge in [0.25, 0.3) is 0 Å². The third-order valence-electron chi connectivity index (χ3n) is 3.18. The first-order chi connectivity index (χ1) is 8.08. The van der Waals surface area contributed by atoms with Gasteiger partial charge in [0, 0.05) is 23.8 Å². The zero-order valence-electron chi connectivity index (χ0n) is 10.6. The molecular formula is C12H20N4O. The lowest BCUT2D eigenvalue weighted by molar-refractivity contribution is -0.122. The average Bonchev–Trinajstić information content (AvgIpc) is 3.04. The highest BCUT2D eigenvalue weighted by atomic mass is 16.2. The number of rotatable bonds is 5. The van der Waals surface area contributed by atoms with Crippen molar-refractivity contribution in [2.24, 2.45) is 0 Å². The van der Waals surface area contributed by atoms with E-state index in [4.69, 9.17) is 0 Å². The van der Waals surface area contributed by atoms with Gasteiger partial charge in [-0.15, -0.1) is 0 Å². The third-order valence-corrected chi connectivity index (χ3v) is 3.18. The summed E-state index contributed by atoms with van der Waals surface area (Å²) < 4.78 is 0. The molecule has 5 heteroatoms. The molecule has 94 valence electrons. The Hall–Kier alpha value is -1.36. The highest BCUT2D eigenvalue weighted by Crippen LogP contribution is 2.18. The van der Waals surface area contributed by atoms with E-state index in [0.29, 0.717) is 12.6 Å². The van der Waals surface area contributed by atoms with Crippen LogP contribution in [0.1, 0.15) is 36.7 Å². The van der Waals surface area contributed by atoms with Crippen LogP contribution in [0.5, 0.6) is 0 Å². The Kier molecular flexibility index (Phi) is 3.47. The highest BCUT2D eigenvalue weighted by Gasteiger charge is 2.25. The van der Waals surface area contributed by atoms with Crippen LogP contribution in [-0.4, -0.2) is 28.2 Å². The lowest BCUT2D eigenvalue weighted by Gasteiger charge is -2.13. The van der Waals surface area contributed by atoms with Crippen LogP contribution in [0, 0.1) is 13.8 Å². The molecule has 0 bridgehead atoms. The number of H-pyrrole nitrogens is 1. The molecule has 0 radical (unpaired) electrons. The van der Waals surface area contributed by atoms with Crippen molar-refractivity contribution in [3.8, 4) is 0 Å². The van der Waals surface area contributed by atoms with Gasteiger partial charge in [0.15, 0.2) is 0 Å². The summed E-state index contributed by atoms with van der Waals surface area (Å²) in [5.41, 5.74) is 3.20. The van der Waals surface area contributed by atoms with Crippen LogP contribution < -0.4 is 10.6 Å². The zero-order valence-corrected chi connectivity index (χ0v) is 10.6. The second-order valence-corrected chi connectivity index (χ2v) is 4.80. The van der Waals surface area contributed by atoms with Crippen LogP contribution in [-0.2, 0) is 11.3 Å². The first kappa shape index (κ1) is 12.1. The zero-order chi connectivity index (χ0) is 12.4. The number of carbonyl (C=O) groups excluding carboxylic acids is 1. The molecule has 1 aliphatic rings. The van der Waals surface area contributed by atoms with Crippen molar-refractivity contribution in [2.75, 3.05) is 0 Å². The molecule has 1 unspecified atom stereocenters. The first-order valence-corrected chi connectivity index (χ1v) is 6.12. The molecule has 1 heterocycles. The topological polar surface area (TPSA) is 69.8 Å². The molecule has 1 fully saturated rings. The van der Waals surface area contributed by atoms with Gasteiger partial charge in [-0.1, -0.05) is 0 Å². The fourth-order valence-electron chi connectivity index (χ4n) is 1.74. The van der Waals surface area contributed by atoms with Gasteiger partial charge in [0.05, 0.1) is 11.7 Å². The smallest absolute Gasteiger partial charge is 0.237 e. The number of hydrogen-bond acceptors (Lipinski definition) is 3. The molecule has 1 amide bonds. The molecule has 3 N–H and O–H groups in total. The van der Waals surface area contributed by atoms with Crippen molar-refractivity contribution < 1.29 is 4.79 Å². The van der Waals surface area contributed by atoms with Crippen LogP contribution >= 0.6 is 0 Å². The fourth-order valence-corrected chi connectivity index (χ4v) is 1.74. The van der Waals surface area contributed by atoms with Gasteiger partial charge in [-0.25, -0.2) is 0 Å². The Bertz CT molecular complexity index is 389.